The summed E-state index contributed by atoms with van der Waals surface area (Å²) in [4.78, 5) is 14.7. The van der Waals surface area contributed by atoms with Gasteiger partial charge in [-0.1, -0.05) is 0 Å². The maximum absolute atomic E-state index is 11.1. The largest absolute Gasteiger partial charge is 0.478 e. The van der Waals surface area contributed by atoms with Crippen LogP contribution in [-0.4, -0.2) is 24.5 Å². The van der Waals surface area contributed by atoms with Gasteiger partial charge in [0.1, 0.15) is 11.3 Å². The van der Waals surface area contributed by atoms with Gasteiger partial charge >= 0.3 is 5.97 Å². The zero-order chi connectivity index (χ0) is 14.8. The standard InChI is InChI=1S/C12H10N2O5S/c13-20(17,18)9-3-1-8(2-4-9)19-11-7-14-6-5-10(11)12(15)16/h1-7H,(H,15,16)(H2,13,17,18). The van der Waals surface area contributed by atoms with Gasteiger partial charge in [0.25, 0.3) is 0 Å². The van der Waals surface area contributed by atoms with E-state index in [1.54, 1.807) is 0 Å². The van der Waals surface area contributed by atoms with Crippen LogP contribution in [0.2, 0.25) is 0 Å². The Morgan fingerprint density at radius 3 is 2.40 bits per heavy atom. The normalized spacial score (nSPS) is 11.1. The topological polar surface area (TPSA) is 120 Å². The first-order chi connectivity index (χ1) is 9.38. The van der Waals surface area contributed by atoms with Gasteiger partial charge in [0.15, 0.2) is 5.75 Å². The first-order valence-corrected chi connectivity index (χ1v) is 6.90. The van der Waals surface area contributed by atoms with Crippen LogP contribution >= 0.6 is 0 Å². The number of benzene rings is 1. The van der Waals surface area contributed by atoms with Crippen molar-refractivity contribution in [1.82, 2.24) is 4.98 Å². The van der Waals surface area contributed by atoms with Crippen LogP contribution in [0.5, 0.6) is 11.5 Å². The van der Waals surface area contributed by atoms with E-state index in [0.29, 0.717) is 0 Å². The molecule has 2 rings (SSSR count). The molecule has 0 radical (unpaired) electrons. The number of sulfonamides is 1. The second kappa shape index (κ2) is 5.27. The minimum Gasteiger partial charge on any atom is -0.478 e. The lowest BCUT2D eigenvalue weighted by Crippen LogP contribution is -2.11. The zero-order valence-corrected chi connectivity index (χ0v) is 10.9. The number of ether oxygens (including phenoxy) is 1. The number of aromatic nitrogens is 1. The van der Waals surface area contributed by atoms with Crippen LogP contribution in [0.15, 0.2) is 47.6 Å². The predicted molar refractivity (Wildman–Crippen MR) is 69.1 cm³/mol. The molecule has 0 aliphatic carbocycles. The molecule has 1 heterocycles. The summed E-state index contributed by atoms with van der Waals surface area (Å²) in [5.74, 6) is -0.820. The second-order valence-corrected chi connectivity index (χ2v) is 5.36. The Balaban J connectivity index is 2.30. The lowest BCUT2D eigenvalue weighted by molar-refractivity contribution is 0.0694. The van der Waals surface area contributed by atoms with Crippen LogP contribution in [0.4, 0.5) is 0 Å². The van der Waals surface area contributed by atoms with E-state index < -0.39 is 16.0 Å². The van der Waals surface area contributed by atoms with Crippen LogP contribution < -0.4 is 9.88 Å². The van der Waals surface area contributed by atoms with E-state index >= 15 is 0 Å². The van der Waals surface area contributed by atoms with Gasteiger partial charge in [-0.25, -0.2) is 18.4 Å². The quantitative estimate of drug-likeness (QED) is 0.874. The van der Waals surface area contributed by atoms with E-state index in [2.05, 4.69) is 4.98 Å². The third kappa shape index (κ3) is 3.11. The predicted octanol–water partition coefficient (Wildman–Crippen LogP) is 1.22. The molecule has 0 aliphatic rings. The van der Waals surface area contributed by atoms with Gasteiger partial charge in [0, 0.05) is 6.20 Å². The van der Waals surface area contributed by atoms with Gasteiger partial charge in [-0.3, -0.25) is 4.98 Å². The molecule has 0 aliphatic heterocycles. The van der Waals surface area contributed by atoms with E-state index in [4.69, 9.17) is 15.0 Å². The number of hydrogen-bond donors (Lipinski definition) is 2. The molecule has 7 nitrogen and oxygen atoms in total. The first kappa shape index (κ1) is 14.0. The molecule has 0 unspecified atom stereocenters. The van der Waals surface area contributed by atoms with E-state index in [-0.39, 0.29) is 22.0 Å². The lowest BCUT2D eigenvalue weighted by Gasteiger charge is -2.08. The second-order valence-electron chi connectivity index (χ2n) is 3.80. The number of carboxylic acid groups (broad SMARTS) is 1. The maximum Gasteiger partial charge on any atom is 0.339 e. The summed E-state index contributed by atoms with van der Waals surface area (Å²) < 4.78 is 27.5. The van der Waals surface area contributed by atoms with Gasteiger partial charge in [-0.15, -0.1) is 0 Å². The van der Waals surface area contributed by atoms with E-state index in [9.17, 15) is 13.2 Å². The fourth-order valence-electron chi connectivity index (χ4n) is 1.46. The molecule has 0 spiro atoms. The SMILES string of the molecule is NS(=O)(=O)c1ccc(Oc2cnccc2C(=O)O)cc1. The van der Waals surface area contributed by atoms with Gasteiger partial charge in [-0.2, -0.15) is 0 Å². The Morgan fingerprint density at radius 1 is 1.20 bits per heavy atom. The van der Waals surface area contributed by atoms with Crippen molar-refractivity contribution in [2.24, 2.45) is 5.14 Å². The van der Waals surface area contributed by atoms with Gasteiger partial charge in [0.2, 0.25) is 10.0 Å². The smallest absolute Gasteiger partial charge is 0.339 e. The molecule has 8 heteroatoms. The summed E-state index contributed by atoms with van der Waals surface area (Å²) in [6, 6.07) is 6.58. The van der Waals surface area contributed by atoms with Crippen LogP contribution in [0, 0.1) is 0 Å². The van der Waals surface area contributed by atoms with Gasteiger partial charge in [0.05, 0.1) is 11.1 Å². The van der Waals surface area contributed by atoms with Crippen LogP contribution in [0.3, 0.4) is 0 Å². The van der Waals surface area contributed by atoms with Crippen molar-refractivity contribution >= 4 is 16.0 Å². The van der Waals surface area contributed by atoms with Crippen molar-refractivity contribution in [3.8, 4) is 11.5 Å². The molecule has 0 amide bonds. The number of nitrogens with zero attached hydrogens (tertiary/aromatic N) is 1. The molecule has 0 saturated carbocycles. The summed E-state index contributed by atoms with van der Waals surface area (Å²) in [6.07, 6.45) is 2.59. The highest BCUT2D eigenvalue weighted by Crippen LogP contribution is 2.25. The third-order valence-electron chi connectivity index (χ3n) is 2.39. The van der Waals surface area contributed by atoms with Crippen LogP contribution in [0.25, 0.3) is 0 Å². The van der Waals surface area contributed by atoms with Gasteiger partial charge < -0.3 is 9.84 Å². The highest BCUT2D eigenvalue weighted by Gasteiger charge is 2.12. The van der Waals surface area contributed by atoms with Crippen molar-refractivity contribution in [3.63, 3.8) is 0 Å². The molecule has 20 heavy (non-hydrogen) atoms. The molecular weight excluding hydrogens is 284 g/mol. The van der Waals surface area contributed by atoms with Crippen molar-refractivity contribution in [2.75, 3.05) is 0 Å². The van der Waals surface area contributed by atoms with Crippen molar-refractivity contribution in [1.29, 1.82) is 0 Å². The average molecular weight is 294 g/mol. The number of primary sulfonamides is 1. The molecule has 104 valence electrons. The Morgan fingerprint density at radius 2 is 1.85 bits per heavy atom. The molecular formula is C12H10N2O5S. The van der Waals surface area contributed by atoms with Gasteiger partial charge in [-0.05, 0) is 30.3 Å². The average Bonchev–Trinajstić information content (AvgIpc) is 2.38. The highest BCUT2D eigenvalue weighted by atomic mass is 32.2. The zero-order valence-electron chi connectivity index (χ0n) is 10.1. The monoisotopic (exact) mass is 294 g/mol. The number of nitrogens with two attached hydrogens (primary N) is 1. The molecule has 0 saturated heterocycles. The Hall–Kier alpha value is -2.45. The highest BCUT2D eigenvalue weighted by molar-refractivity contribution is 7.89. The Kier molecular flexibility index (Phi) is 3.68. The van der Waals surface area contributed by atoms with Crippen molar-refractivity contribution in [2.45, 2.75) is 4.90 Å². The van der Waals surface area contributed by atoms with Crippen molar-refractivity contribution < 1.29 is 23.1 Å². The van der Waals surface area contributed by atoms with Crippen LogP contribution in [0.1, 0.15) is 10.4 Å². The summed E-state index contributed by atoms with van der Waals surface area (Å²) >= 11 is 0. The number of hydrogen-bond acceptors (Lipinski definition) is 5. The fourth-order valence-corrected chi connectivity index (χ4v) is 1.98. The molecule has 0 bridgehead atoms. The number of aromatic carboxylic acids is 1. The number of carbonyl (C=O) groups is 1. The molecule has 2 aromatic rings. The van der Waals surface area contributed by atoms with Crippen molar-refractivity contribution in [3.05, 3.63) is 48.3 Å². The van der Waals surface area contributed by atoms with E-state index in [1.165, 1.54) is 42.7 Å². The maximum atomic E-state index is 11.1. The summed E-state index contributed by atoms with van der Waals surface area (Å²) in [5, 5.41) is 14.0. The first-order valence-electron chi connectivity index (χ1n) is 5.36. The summed E-state index contributed by atoms with van der Waals surface area (Å²) in [7, 11) is -3.78. The third-order valence-corrected chi connectivity index (χ3v) is 3.32. The van der Waals surface area contributed by atoms with E-state index in [1.807, 2.05) is 0 Å². The Labute approximate surface area is 114 Å². The fraction of sp³-hybridized carbons (Fsp3) is 0. The summed E-state index contributed by atoms with van der Waals surface area (Å²) in [6.45, 7) is 0. The number of carboxylic acids is 1. The minimum absolute atomic E-state index is 0.0458. The van der Waals surface area contributed by atoms with E-state index in [0.717, 1.165) is 0 Å². The number of pyridine rings is 1. The minimum atomic E-state index is -3.78. The van der Waals surface area contributed by atoms with Crippen LogP contribution in [-0.2, 0) is 10.0 Å². The number of rotatable bonds is 4. The molecule has 0 fully saturated rings. The summed E-state index contributed by atoms with van der Waals surface area (Å²) in [5.41, 5.74) is -0.0458. The molecule has 1 aromatic carbocycles. The molecule has 1 aromatic heterocycles. The Bertz CT molecular complexity index is 741. The molecule has 3 N–H and O–H groups in total. The molecule has 0 atom stereocenters. The lowest BCUT2D eigenvalue weighted by atomic mass is 10.2.